The summed E-state index contributed by atoms with van der Waals surface area (Å²) in [4.78, 5) is 12.4. The van der Waals surface area contributed by atoms with Gasteiger partial charge < -0.3 is 9.88 Å². The maximum Gasteiger partial charge on any atom is 0.255 e. The second-order valence-corrected chi connectivity index (χ2v) is 10.4. The predicted octanol–water partition coefficient (Wildman–Crippen LogP) is 4.70. The number of hydrogen-bond acceptors (Lipinski definition) is 4. The molecule has 1 heterocycles. The minimum Gasteiger partial charge on any atom is -0.352 e. The van der Waals surface area contributed by atoms with Crippen LogP contribution in [0.25, 0.3) is 0 Å². The fourth-order valence-electron chi connectivity index (χ4n) is 3.09. The summed E-state index contributed by atoms with van der Waals surface area (Å²) in [5, 5.41) is 3.56. The minimum atomic E-state index is -3.66. The molecular weight excluding hydrogens is 466 g/mol. The zero-order valence-electron chi connectivity index (χ0n) is 15.6. The summed E-state index contributed by atoms with van der Waals surface area (Å²) in [5.74, 6) is 0. The van der Waals surface area contributed by atoms with Gasteiger partial charge in [0.2, 0.25) is 10.0 Å². The molecule has 6 nitrogen and oxygen atoms in total. The molecule has 1 aliphatic rings. The summed E-state index contributed by atoms with van der Waals surface area (Å²) in [6, 6.07) is 5.27. The minimum absolute atomic E-state index is 0.231. The molecule has 0 saturated heterocycles. The molecule has 1 aromatic heterocycles. The van der Waals surface area contributed by atoms with Crippen molar-refractivity contribution in [2.45, 2.75) is 30.9 Å². The maximum absolute atomic E-state index is 13.0. The number of aromatic nitrogens is 1. The highest BCUT2D eigenvalue weighted by Crippen LogP contribution is 2.47. The Morgan fingerprint density at radius 1 is 1.36 bits per heavy atom. The third-order valence-corrected chi connectivity index (χ3v) is 7.95. The smallest absolute Gasteiger partial charge is 0.255 e. The van der Waals surface area contributed by atoms with Crippen LogP contribution in [-0.4, -0.2) is 17.7 Å². The first-order chi connectivity index (χ1) is 13.1. The van der Waals surface area contributed by atoms with Gasteiger partial charge in [-0.1, -0.05) is 33.6 Å². The molecule has 0 bridgehead atoms. The third-order valence-electron chi connectivity index (χ3n) is 4.94. The molecule has 1 aliphatic carbocycles. The Kier molecular flexibility index (Phi) is 5.67. The molecule has 0 aliphatic heterocycles. The van der Waals surface area contributed by atoms with Crippen LogP contribution in [0.5, 0.6) is 0 Å². The highest BCUT2D eigenvalue weighted by molar-refractivity contribution is 9.10. The molecule has 0 amide bonds. The second-order valence-electron chi connectivity index (χ2n) is 6.99. The van der Waals surface area contributed by atoms with Crippen LogP contribution in [0.2, 0.25) is 5.02 Å². The molecule has 9 heteroatoms. The van der Waals surface area contributed by atoms with Gasteiger partial charge in [-0.05, 0) is 44.4 Å². The Bertz CT molecular complexity index is 1110. The van der Waals surface area contributed by atoms with Crippen molar-refractivity contribution in [2.24, 2.45) is 7.05 Å². The standard InChI is InChI=1S/C19H21BrClN3O3S/c1-4-7-19(8-9-19)28(26,27)23-16-11-24(3)18(25)12(2)17(16)22-15-6-5-13(20)10-14(15)21/h4-6,10-11,22-23H,1,7-9H2,2-3H3. The summed E-state index contributed by atoms with van der Waals surface area (Å²) in [7, 11) is -2.08. The molecule has 1 saturated carbocycles. The molecule has 0 unspecified atom stereocenters. The van der Waals surface area contributed by atoms with Gasteiger partial charge in [0, 0.05) is 23.3 Å². The lowest BCUT2D eigenvalue weighted by molar-refractivity contribution is 0.582. The second kappa shape index (κ2) is 7.57. The summed E-state index contributed by atoms with van der Waals surface area (Å²) in [6.45, 7) is 5.31. The van der Waals surface area contributed by atoms with E-state index in [1.54, 1.807) is 38.2 Å². The molecule has 3 rings (SSSR count). The lowest BCUT2D eigenvalue weighted by Gasteiger charge is -2.21. The Morgan fingerprint density at radius 2 is 2.04 bits per heavy atom. The van der Waals surface area contributed by atoms with Crippen molar-refractivity contribution in [2.75, 3.05) is 10.0 Å². The van der Waals surface area contributed by atoms with Crippen LogP contribution >= 0.6 is 27.5 Å². The van der Waals surface area contributed by atoms with E-state index in [9.17, 15) is 13.2 Å². The summed E-state index contributed by atoms with van der Waals surface area (Å²) < 4.78 is 30.0. The Hall–Kier alpha value is -1.77. The zero-order valence-corrected chi connectivity index (χ0v) is 18.7. The summed E-state index contributed by atoms with van der Waals surface area (Å²) >= 11 is 9.64. The number of allylic oxidation sites excluding steroid dienone is 1. The van der Waals surface area contributed by atoms with Gasteiger partial charge in [-0.3, -0.25) is 9.52 Å². The van der Waals surface area contributed by atoms with Crippen molar-refractivity contribution in [3.63, 3.8) is 0 Å². The van der Waals surface area contributed by atoms with Gasteiger partial charge in [-0.2, -0.15) is 0 Å². The van der Waals surface area contributed by atoms with Crippen molar-refractivity contribution in [3.05, 3.63) is 62.5 Å². The van der Waals surface area contributed by atoms with E-state index in [0.29, 0.717) is 46.9 Å². The van der Waals surface area contributed by atoms with E-state index >= 15 is 0 Å². The first kappa shape index (κ1) is 21.0. The number of halogens is 2. The van der Waals surface area contributed by atoms with Crippen molar-refractivity contribution >= 4 is 54.6 Å². The van der Waals surface area contributed by atoms with Crippen LogP contribution in [0, 0.1) is 6.92 Å². The number of sulfonamides is 1. The number of pyridine rings is 1. The predicted molar refractivity (Wildman–Crippen MR) is 118 cm³/mol. The number of nitrogens with zero attached hydrogens (tertiary/aromatic N) is 1. The van der Waals surface area contributed by atoms with E-state index in [2.05, 4.69) is 32.5 Å². The molecule has 2 aromatic rings. The van der Waals surface area contributed by atoms with Crippen molar-refractivity contribution < 1.29 is 8.42 Å². The summed E-state index contributed by atoms with van der Waals surface area (Å²) in [5.41, 5.74) is 1.40. The molecule has 0 radical (unpaired) electrons. The average molecular weight is 487 g/mol. The molecule has 1 aromatic carbocycles. The van der Waals surface area contributed by atoms with Crippen molar-refractivity contribution in [1.29, 1.82) is 0 Å². The topological polar surface area (TPSA) is 80.2 Å². The van der Waals surface area contributed by atoms with E-state index < -0.39 is 14.8 Å². The van der Waals surface area contributed by atoms with Gasteiger partial charge in [-0.15, -0.1) is 6.58 Å². The first-order valence-electron chi connectivity index (χ1n) is 8.66. The fraction of sp³-hybridized carbons (Fsp3) is 0.316. The van der Waals surface area contributed by atoms with Crippen LogP contribution < -0.4 is 15.6 Å². The number of aryl methyl sites for hydroxylation is 1. The van der Waals surface area contributed by atoms with Crippen LogP contribution in [0.4, 0.5) is 17.1 Å². The fourth-order valence-corrected chi connectivity index (χ4v) is 5.45. The largest absolute Gasteiger partial charge is 0.352 e. The number of benzene rings is 1. The number of hydrogen-bond donors (Lipinski definition) is 2. The highest BCUT2D eigenvalue weighted by Gasteiger charge is 2.53. The van der Waals surface area contributed by atoms with Crippen molar-refractivity contribution in [3.8, 4) is 0 Å². The monoisotopic (exact) mass is 485 g/mol. The van der Waals surface area contributed by atoms with Gasteiger partial charge in [0.1, 0.15) is 0 Å². The summed E-state index contributed by atoms with van der Waals surface area (Å²) in [6.07, 6.45) is 4.65. The van der Waals surface area contributed by atoms with E-state index in [0.717, 1.165) is 4.47 Å². The zero-order chi connectivity index (χ0) is 20.7. The van der Waals surface area contributed by atoms with Crippen LogP contribution in [0.3, 0.4) is 0 Å². The normalized spacial score (nSPS) is 15.1. The third kappa shape index (κ3) is 3.86. The number of nitrogens with one attached hydrogen (secondary N) is 2. The molecule has 0 spiro atoms. The maximum atomic E-state index is 13.0. The quantitative estimate of drug-likeness (QED) is 0.556. The van der Waals surface area contributed by atoms with Gasteiger partial charge in [0.25, 0.3) is 5.56 Å². The van der Waals surface area contributed by atoms with Crippen LogP contribution in [0.15, 0.2) is 46.3 Å². The number of rotatable bonds is 7. The van der Waals surface area contributed by atoms with Gasteiger partial charge in [-0.25, -0.2) is 8.42 Å². The molecule has 1 fully saturated rings. The Balaban J connectivity index is 2.06. The number of anilines is 3. The molecule has 28 heavy (non-hydrogen) atoms. The average Bonchev–Trinajstić information content (AvgIpc) is 3.40. The Morgan fingerprint density at radius 3 is 2.61 bits per heavy atom. The van der Waals surface area contributed by atoms with E-state index in [4.69, 9.17) is 11.6 Å². The molecule has 0 atom stereocenters. The lowest BCUT2D eigenvalue weighted by Crippen LogP contribution is -2.31. The van der Waals surface area contributed by atoms with Crippen LogP contribution in [0.1, 0.15) is 24.8 Å². The molecule has 150 valence electrons. The van der Waals surface area contributed by atoms with E-state index in [1.165, 1.54) is 10.8 Å². The van der Waals surface area contributed by atoms with Crippen LogP contribution in [-0.2, 0) is 17.1 Å². The van der Waals surface area contributed by atoms with Crippen molar-refractivity contribution in [1.82, 2.24) is 4.57 Å². The lowest BCUT2D eigenvalue weighted by atomic mass is 10.2. The van der Waals surface area contributed by atoms with E-state index in [1.807, 2.05) is 0 Å². The molecular formula is C19H21BrClN3O3S. The van der Waals surface area contributed by atoms with Gasteiger partial charge in [0.15, 0.2) is 0 Å². The van der Waals surface area contributed by atoms with Gasteiger partial charge >= 0.3 is 0 Å². The molecule has 2 N–H and O–H groups in total. The van der Waals surface area contributed by atoms with E-state index in [-0.39, 0.29) is 5.56 Å². The Labute approximate surface area is 177 Å². The highest BCUT2D eigenvalue weighted by atomic mass is 79.9. The van der Waals surface area contributed by atoms with Gasteiger partial charge in [0.05, 0.1) is 26.8 Å². The first-order valence-corrected chi connectivity index (χ1v) is 11.3. The SMILES string of the molecule is C=CCC1(S(=O)(=O)Nc2cn(C)c(=O)c(C)c2Nc2ccc(Br)cc2Cl)CC1.